The summed E-state index contributed by atoms with van der Waals surface area (Å²) in [7, 11) is 0. The van der Waals surface area contributed by atoms with Crippen LogP contribution in [-0.4, -0.2) is 0 Å². The SMILES string of the molecule is Cc1c(N)cc[n+]([O-])c1C. The van der Waals surface area contributed by atoms with Gasteiger partial charge in [-0.1, -0.05) is 0 Å². The molecule has 1 aromatic heterocycles. The van der Waals surface area contributed by atoms with Crippen molar-refractivity contribution in [1.29, 1.82) is 0 Å². The summed E-state index contributed by atoms with van der Waals surface area (Å²) in [6.07, 6.45) is 1.41. The van der Waals surface area contributed by atoms with E-state index in [2.05, 4.69) is 0 Å². The minimum Gasteiger partial charge on any atom is -0.619 e. The minimum absolute atomic E-state index is 0.667. The Bertz CT molecular complexity index is 231. The van der Waals surface area contributed by atoms with E-state index in [-0.39, 0.29) is 0 Å². The first-order valence-corrected chi connectivity index (χ1v) is 3.08. The number of aromatic nitrogens is 1. The molecule has 0 aliphatic heterocycles. The first-order valence-electron chi connectivity index (χ1n) is 3.08. The summed E-state index contributed by atoms with van der Waals surface area (Å²) in [5.74, 6) is 0. The molecule has 0 aliphatic rings. The van der Waals surface area contributed by atoms with Crippen molar-refractivity contribution in [1.82, 2.24) is 0 Å². The van der Waals surface area contributed by atoms with Crippen LogP contribution >= 0.6 is 0 Å². The fourth-order valence-electron chi connectivity index (χ4n) is 0.759. The van der Waals surface area contributed by atoms with Gasteiger partial charge < -0.3 is 10.9 Å². The Balaban J connectivity index is 3.34. The molecule has 0 saturated heterocycles. The maximum Gasteiger partial charge on any atom is 0.194 e. The second kappa shape index (κ2) is 2.17. The summed E-state index contributed by atoms with van der Waals surface area (Å²) in [5, 5.41) is 10.9. The predicted molar refractivity (Wildman–Crippen MR) is 39.3 cm³/mol. The van der Waals surface area contributed by atoms with Crippen LogP contribution in [0.25, 0.3) is 0 Å². The Morgan fingerprint density at radius 3 is 2.60 bits per heavy atom. The topological polar surface area (TPSA) is 53.0 Å². The van der Waals surface area contributed by atoms with E-state index >= 15 is 0 Å². The predicted octanol–water partition coefficient (Wildman–Crippen LogP) is 0.519. The lowest BCUT2D eigenvalue weighted by atomic mass is 10.2. The lowest BCUT2D eigenvalue weighted by Crippen LogP contribution is -2.30. The Morgan fingerprint density at radius 2 is 2.10 bits per heavy atom. The zero-order valence-corrected chi connectivity index (χ0v) is 6.09. The molecule has 0 aliphatic carbocycles. The van der Waals surface area contributed by atoms with Crippen molar-refractivity contribution in [2.75, 3.05) is 5.73 Å². The molecule has 0 radical (unpaired) electrons. The average Bonchev–Trinajstić information content (AvgIpc) is 1.93. The van der Waals surface area contributed by atoms with E-state index in [1.54, 1.807) is 13.0 Å². The van der Waals surface area contributed by atoms with E-state index in [0.29, 0.717) is 11.4 Å². The van der Waals surface area contributed by atoms with E-state index in [0.717, 1.165) is 10.3 Å². The van der Waals surface area contributed by atoms with Crippen LogP contribution in [0.1, 0.15) is 11.3 Å². The first kappa shape index (κ1) is 6.86. The van der Waals surface area contributed by atoms with Crippen LogP contribution in [-0.2, 0) is 0 Å². The standard InChI is InChI=1S/C7H10N2O/c1-5-6(2)9(10)4-3-7(5)8/h3-4H,8H2,1-2H3. The van der Waals surface area contributed by atoms with Crippen LogP contribution in [0.3, 0.4) is 0 Å². The second-order valence-electron chi connectivity index (χ2n) is 2.31. The number of nitrogens with zero attached hydrogens (tertiary/aromatic N) is 1. The molecule has 10 heavy (non-hydrogen) atoms. The van der Waals surface area contributed by atoms with Gasteiger partial charge in [-0.05, 0) is 6.92 Å². The highest BCUT2D eigenvalue weighted by Gasteiger charge is 2.04. The Kier molecular flexibility index (Phi) is 1.49. The molecule has 2 N–H and O–H groups in total. The van der Waals surface area contributed by atoms with Crippen molar-refractivity contribution in [2.24, 2.45) is 0 Å². The van der Waals surface area contributed by atoms with Crippen molar-refractivity contribution in [2.45, 2.75) is 13.8 Å². The lowest BCUT2D eigenvalue weighted by molar-refractivity contribution is -0.612. The number of rotatable bonds is 0. The zero-order valence-electron chi connectivity index (χ0n) is 6.09. The molecule has 0 spiro atoms. The molecule has 0 unspecified atom stereocenters. The quantitative estimate of drug-likeness (QED) is 0.419. The molecule has 0 bridgehead atoms. The van der Waals surface area contributed by atoms with Gasteiger partial charge in [-0.15, -0.1) is 0 Å². The minimum atomic E-state index is 0.667. The van der Waals surface area contributed by atoms with Crippen LogP contribution < -0.4 is 10.5 Å². The number of hydrogen-bond donors (Lipinski definition) is 1. The maximum atomic E-state index is 10.9. The maximum absolute atomic E-state index is 10.9. The van der Waals surface area contributed by atoms with Gasteiger partial charge in [0.05, 0.1) is 0 Å². The van der Waals surface area contributed by atoms with Crippen molar-refractivity contribution in [3.63, 3.8) is 0 Å². The van der Waals surface area contributed by atoms with Gasteiger partial charge in [0.25, 0.3) is 0 Å². The molecule has 3 heteroatoms. The number of anilines is 1. The summed E-state index contributed by atoms with van der Waals surface area (Å²) in [6.45, 7) is 3.58. The molecular formula is C7H10N2O. The number of hydrogen-bond acceptors (Lipinski definition) is 2. The van der Waals surface area contributed by atoms with E-state index in [9.17, 15) is 5.21 Å². The highest BCUT2D eigenvalue weighted by Crippen LogP contribution is 2.09. The van der Waals surface area contributed by atoms with Gasteiger partial charge in [0.1, 0.15) is 0 Å². The van der Waals surface area contributed by atoms with Crippen LogP contribution in [0.5, 0.6) is 0 Å². The first-order chi connectivity index (χ1) is 4.63. The molecule has 1 aromatic rings. The number of nitrogens with two attached hydrogens (primary N) is 1. The normalized spacial score (nSPS) is 9.80. The fourth-order valence-corrected chi connectivity index (χ4v) is 0.759. The molecule has 0 aromatic carbocycles. The van der Waals surface area contributed by atoms with Crippen molar-refractivity contribution >= 4 is 5.69 Å². The molecule has 54 valence electrons. The van der Waals surface area contributed by atoms with E-state index in [4.69, 9.17) is 5.73 Å². The molecule has 0 amide bonds. The highest BCUT2D eigenvalue weighted by molar-refractivity contribution is 5.44. The van der Waals surface area contributed by atoms with Crippen molar-refractivity contribution < 1.29 is 4.73 Å². The summed E-state index contributed by atoms with van der Waals surface area (Å²) in [4.78, 5) is 0. The number of nitrogen functional groups attached to an aromatic ring is 1. The monoisotopic (exact) mass is 138 g/mol. The van der Waals surface area contributed by atoms with Crippen LogP contribution in [0, 0.1) is 19.1 Å². The van der Waals surface area contributed by atoms with Crippen molar-refractivity contribution in [3.05, 3.63) is 28.7 Å². The molecule has 1 heterocycles. The fraction of sp³-hybridized carbons (Fsp3) is 0.286. The zero-order chi connectivity index (χ0) is 7.72. The van der Waals surface area contributed by atoms with Gasteiger partial charge in [-0.3, -0.25) is 0 Å². The Hall–Kier alpha value is -1.25. The number of pyridine rings is 1. The van der Waals surface area contributed by atoms with E-state index in [1.807, 2.05) is 6.92 Å². The van der Waals surface area contributed by atoms with Gasteiger partial charge in [-0.25, -0.2) is 0 Å². The van der Waals surface area contributed by atoms with Gasteiger partial charge >= 0.3 is 0 Å². The van der Waals surface area contributed by atoms with E-state index < -0.39 is 0 Å². The molecule has 3 nitrogen and oxygen atoms in total. The highest BCUT2D eigenvalue weighted by atomic mass is 16.5. The molecule has 0 fully saturated rings. The second-order valence-corrected chi connectivity index (χ2v) is 2.31. The summed E-state index contributed by atoms with van der Waals surface area (Å²) in [6, 6.07) is 1.61. The van der Waals surface area contributed by atoms with Crippen molar-refractivity contribution in [3.8, 4) is 0 Å². The Morgan fingerprint density at radius 1 is 1.50 bits per heavy atom. The Labute approximate surface area is 59.7 Å². The summed E-state index contributed by atoms with van der Waals surface area (Å²) in [5.41, 5.74) is 7.73. The van der Waals surface area contributed by atoms with E-state index in [1.165, 1.54) is 6.20 Å². The third kappa shape index (κ3) is 0.900. The van der Waals surface area contributed by atoms with Crippen LogP contribution in [0.15, 0.2) is 12.3 Å². The third-order valence-electron chi connectivity index (χ3n) is 1.70. The summed E-state index contributed by atoms with van der Waals surface area (Å²) >= 11 is 0. The average molecular weight is 138 g/mol. The van der Waals surface area contributed by atoms with Crippen LogP contribution in [0.2, 0.25) is 0 Å². The molecule has 0 atom stereocenters. The van der Waals surface area contributed by atoms with Crippen LogP contribution in [0.4, 0.5) is 5.69 Å². The van der Waals surface area contributed by atoms with Gasteiger partial charge in [0, 0.05) is 24.2 Å². The van der Waals surface area contributed by atoms with Gasteiger partial charge in [0.15, 0.2) is 11.9 Å². The molecule has 0 saturated carbocycles. The van der Waals surface area contributed by atoms with Gasteiger partial charge in [0.2, 0.25) is 0 Å². The lowest BCUT2D eigenvalue weighted by Gasteiger charge is -2.03. The largest absolute Gasteiger partial charge is 0.619 e. The smallest absolute Gasteiger partial charge is 0.194 e. The molecular weight excluding hydrogens is 128 g/mol. The van der Waals surface area contributed by atoms with Gasteiger partial charge in [-0.2, -0.15) is 4.73 Å². The third-order valence-corrected chi connectivity index (χ3v) is 1.70. The molecule has 1 rings (SSSR count). The summed E-state index contributed by atoms with van der Waals surface area (Å²) < 4.78 is 0.811.